The number of anilines is 2. The van der Waals surface area contributed by atoms with Crippen LogP contribution in [0.2, 0.25) is 0 Å². The topological polar surface area (TPSA) is 88.7 Å². The zero-order chi connectivity index (χ0) is 26.0. The van der Waals surface area contributed by atoms with E-state index in [-0.39, 0.29) is 12.2 Å². The lowest BCUT2D eigenvalue weighted by Gasteiger charge is -2.17. The molecule has 8 heteroatoms. The van der Waals surface area contributed by atoms with Gasteiger partial charge in [-0.05, 0) is 42.0 Å². The fourth-order valence-electron chi connectivity index (χ4n) is 3.20. The molecule has 2 N–H and O–H groups in total. The number of alkyl halides is 3. The van der Waals surface area contributed by atoms with Crippen LogP contribution in [-0.2, 0) is 11.0 Å². The smallest absolute Gasteiger partial charge is 0.384 e. The first kappa shape index (κ1) is 26.9. The Balaban J connectivity index is 0.00000210. The molecule has 1 amide bonds. The van der Waals surface area contributed by atoms with E-state index in [1.54, 1.807) is 25.1 Å². The van der Waals surface area contributed by atoms with Gasteiger partial charge in [0.05, 0.1) is 34.7 Å². The standard InChI is InChI=1S/C25H19F3N4O.C2H6/c1-16(24(33)32-20-9-8-19(14-30)22(12-20)25(26,27)28)15-31-23-10-7-17(13-29)11-21(23)18-5-3-2-4-6-18;1-2/h2-12,16,31H,15H2,1H3,(H,32,33);1-2H3. The SMILES string of the molecule is CC.CC(CNc1ccc(C#N)cc1-c1ccccc1)C(=O)Nc1ccc(C#N)c(C(F)(F)F)c1. The molecule has 3 aromatic carbocycles. The predicted octanol–water partition coefficient (Wildman–Crippen LogP) is 6.83. The number of nitrogens with one attached hydrogen (secondary N) is 2. The van der Waals surface area contributed by atoms with Crippen LogP contribution in [0.5, 0.6) is 0 Å². The quantitative estimate of drug-likeness (QED) is 0.406. The Morgan fingerprint density at radius 2 is 1.66 bits per heavy atom. The van der Waals surface area contributed by atoms with E-state index in [0.717, 1.165) is 28.9 Å². The molecule has 0 radical (unpaired) electrons. The van der Waals surface area contributed by atoms with Crippen molar-refractivity contribution in [1.82, 2.24) is 0 Å². The molecule has 0 saturated heterocycles. The van der Waals surface area contributed by atoms with Gasteiger partial charge in [-0.15, -0.1) is 0 Å². The number of nitriles is 2. The van der Waals surface area contributed by atoms with E-state index in [4.69, 9.17) is 5.26 Å². The fourth-order valence-corrected chi connectivity index (χ4v) is 3.20. The Hall–Kier alpha value is -4.30. The van der Waals surface area contributed by atoms with Crippen molar-refractivity contribution >= 4 is 17.3 Å². The number of benzene rings is 3. The highest BCUT2D eigenvalue weighted by molar-refractivity contribution is 5.93. The average Bonchev–Trinajstić information content (AvgIpc) is 2.88. The van der Waals surface area contributed by atoms with Crippen molar-refractivity contribution in [3.63, 3.8) is 0 Å². The lowest BCUT2D eigenvalue weighted by molar-refractivity contribution is -0.137. The molecule has 0 heterocycles. The lowest BCUT2D eigenvalue weighted by atomic mass is 10.0. The Morgan fingerprint density at radius 3 is 2.26 bits per heavy atom. The van der Waals surface area contributed by atoms with Crippen LogP contribution in [0.1, 0.15) is 37.5 Å². The van der Waals surface area contributed by atoms with E-state index in [1.165, 1.54) is 12.1 Å². The van der Waals surface area contributed by atoms with Crippen molar-refractivity contribution in [3.8, 4) is 23.3 Å². The number of hydrogen-bond donors (Lipinski definition) is 2. The molecule has 1 unspecified atom stereocenters. The number of hydrogen-bond acceptors (Lipinski definition) is 4. The molecule has 0 fully saturated rings. The van der Waals surface area contributed by atoms with Gasteiger partial charge in [0.15, 0.2) is 0 Å². The van der Waals surface area contributed by atoms with Crippen molar-refractivity contribution in [2.24, 2.45) is 5.92 Å². The van der Waals surface area contributed by atoms with Crippen LogP contribution in [0, 0.1) is 28.6 Å². The van der Waals surface area contributed by atoms with E-state index in [1.807, 2.05) is 44.2 Å². The van der Waals surface area contributed by atoms with E-state index >= 15 is 0 Å². The molecule has 1 atom stereocenters. The third-order valence-electron chi connectivity index (χ3n) is 4.99. The Morgan fingerprint density at radius 1 is 0.971 bits per heavy atom. The summed E-state index contributed by atoms with van der Waals surface area (Å²) >= 11 is 0. The molecule has 0 saturated carbocycles. The fraction of sp³-hybridized carbons (Fsp3) is 0.222. The molecule has 35 heavy (non-hydrogen) atoms. The van der Waals surface area contributed by atoms with Gasteiger partial charge in [0.2, 0.25) is 5.91 Å². The first-order valence-electron chi connectivity index (χ1n) is 11.0. The molecular formula is C27H25F3N4O. The molecular weight excluding hydrogens is 453 g/mol. The molecule has 180 valence electrons. The summed E-state index contributed by atoms with van der Waals surface area (Å²) in [6.07, 6.45) is -4.71. The summed E-state index contributed by atoms with van der Waals surface area (Å²) in [5.74, 6) is -1.07. The molecule has 0 aromatic heterocycles. The number of halogens is 3. The summed E-state index contributed by atoms with van der Waals surface area (Å²) in [4.78, 5) is 12.6. The van der Waals surface area contributed by atoms with E-state index in [9.17, 15) is 23.2 Å². The Labute approximate surface area is 202 Å². The van der Waals surface area contributed by atoms with Crippen molar-refractivity contribution in [3.05, 3.63) is 83.4 Å². The molecule has 3 rings (SSSR count). The second-order valence-electron chi connectivity index (χ2n) is 7.38. The lowest BCUT2D eigenvalue weighted by Crippen LogP contribution is -2.26. The highest BCUT2D eigenvalue weighted by Crippen LogP contribution is 2.34. The van der Waals surface area contributed by atoms with Crippen LogP contribution < -0.4 is 10.6 Å². The van der Waals surface area contributed by atoms with Crippen LogP contribution in [-0.4, -0.2) is 12.5 Å². The van der Waals surface area contributed by atoms with Gasteiger partial charge >= 0.3 is 6.18 Å². The molecule has 0 bridgehead atoms. The first-order chi connectivity index (χ1) is 16.7. The molecule has 3 aromatic rings. The number of amides is 1. The monoisotopic (exact) mass is 478 g/mol. The van der Waals surface area contributed by atoms with Crippen LogP contribution in [0.25, 0.3) is 11.1 Å². The van der Waals surface area contributed by atoms with Gasteiger partial charge in [0, 0.05) is 23.5 Å². The van der Waals surface area contributed by atoms with Crippen molar-refractivity contribution in [2.45, 2.75) is 26.9 Å². The summed E-state index contributed by atoms with van der Waals surface area (Å²) in [5.41, 5.74) is 1.25. The summed E-state index contributed by atoms with van der Waals surface area (Å²) in [6, 6.07) is 21.3. The van der Waals surface area contributed by atoms with Crippen LogP contribution in [0.3, 0.4) is 0 Å². The van der Waals surface area contributed by atoms with Gasteiger partial charge < -0.3 is 10.6 Å². The summed E-state index contributed by atoms with van der Waals surface area (Å²) in [6.45, 7) is 5.85. The maximum absolute atomic E-state index is 13.2. The number of rotatable bonds is 6. The third-order valence-corrected chi connectivity index (χ3v) is 4.99. The zero-order valence-electron chi connectivity index (χ0n) is 19.6. The van der Waals surface area contributed by atoms with Crippen LogP contribution in [0.15, 0.2) is 66.7 Å². The minimum absolute atomic E-state index is 0.0403. The first-order valence-corrected chi connectivity index (χ1v) is 11.0. The van der Waals surface area contributed by atoms with Crippen molar-refractivity contribution in [2.75, 3.05) is 17.2 Å². The van der Waals surface area contributed by atoms with Crippen molar-refractivity contribution in [1.29, 1.82) is 10.5 Å². The third kappa shape index (κ3) is 7.09. The highest BCUT2D eigenvalue weighted by atomic mass is 19.4. The minimum atomic E-state index is -4.71. The molecule has 0 aliphatic rings. The normalized spacial score (nSPS) is 11.2. The van der Waals surface area contributed by atoms with E-state index < -0.39 is 29.1 Å². The van der Waals surface area contributed by atoms with Gasteiger partial charge in [-0.2, -0.15) is 23.7 Å². The number of carbonyl (C=O) groups is 1. The van der Waals surface area contributed by atoms with Gasteiger partial charge in [0.25, 0.3) is 0 Å². The van der Waals surface area contributed by atoms with Crippen LogP contribution >= 0.6 is 0 Å². The number of carbonyl (C=O) groups excluding carboxylic acids is 1. The minimum Gasteiger partial charge on any atom is -0.384 e. The van der Waals surface area contributed by atoms with Gasteiger partial charge in [-0.3, -0.25) is 4.79 Å². The molecule has 0 aliphatic heterocycles. The Kier molecular flexibility index (Phi) is 9.43. The van der Waals surface area contributed by atoms with E-state index in [0.29, 0.717) is 5.56 Å². The predicted molar refractivity (Wildman–Crippen MR) is 130 cm³/mol. The largest absolute Gasteiger partial charge is 0.417 e. The maximum atomic E-state index is 13.2. The maximum Gasteiger partial charge on any atom is 0.417 e. The second-order valence-corrected chi connectivity index (χ2v) is 7.38. The Bertz CT molecular complexity index is 1240. The second kappa shape index (κ2) is 12.2. The highest BCUT2D eigenvalue weighted by Gasteiger charge is 2.34. The summed E-state index contributed by atoms with van der Waals surface area (Å²) < 4.78 is 39.5. The molecule has 0 aliphatic carbocycles. The van der Waals surface area contributed by atoms with Gasteiger partial charge in [-0.1, -0.05) is 51.1 Å². The zero-order valence-corrected chi connectivity index (χ0v) is 19.6. The van der Waals surface area contributed by atoms with Crippen LogP contribution in [0.4, 0.5) is 24.5 Å². The summed E-state index contributed by atoms with van der Waals surface area (Å²) in [7, 11) is 0. The summed E-state index contributed by atoms with van der Waals surface area (Å²) in [5, 5.41) is 23.8. The van der Waals surface area contributed by atoms with Gasteiger partial charge in [-0.25, -0.2) is 0 Å². The average molecular weight is 479 g/mol. The van der Waals surface area contributed by atoms with Crippen molar-refractivity contribution < 1.29 is 18.0 Å². The number of nitrogens with zero attached hydrogens (tertiary/aromatic N) is 2. The molecule has 0 spiro atoms. The molecule has 5 nitrogen and oxygen atoms in total. The van der Waals surface area contributed by atoms with E-state index in [2.05, 4.69) is 16.7 Å². The van der Waals surface area contributed by atoms with Gasteiger partial charge in [0.1, 0.15) is 0 Å².